The highest BCUT2D eigenvalue weighted by molar-refractivity contribution is 9.12. The predicted octanol–water partition coefficient (Wildman–Crippen LogP) is 5.65. The molecule has 1 aliphatic rings. The molecule has 5 nitrogen and oxygen atoms in total. The Morgan fingerprint density at radius 1 is 1.31 bits per heavy atom. The van der Waals surface area contributed by atoms with Crippen LogP contribution in [0.2, 0.25) is 0 Å². The fourth-order valence-corrected chi connectivity index (χ4v) is 2.82. The molecular weight excluding hydrogens is 396 g/mol. The van der Waals surface area contributed by atoms with Gasteiger partial charge in [-0.2, -0.15) is 0 Å². The maximum atomic E-state index is 12.2. The second-order valence-electron chi connectivity index (χ2n) is 6.70. The maximum absolute atomic E-state index is 12.2. The van der Waals surface area contributed by atoms with E-state index in [0.717, 1.165) is 35.7 Å². The summed E-state index contributed by atoms with van der Waals surface area (Å²) < 4.78 is 6.16. The first-order chi connectivity index (χ1) is 12.1. The van der Waals surface area contributed by atoms with Crippen molar-refractivity contribution in [3.8, 4) is 0 Å². The molecule has 1 fully saturated rings. The Hall–Kier alpha value is -1.82. The molecule has 0 aromatic heterocycles. The third kappa shape index (κ3) is 6.48. The second kappa shape index (κ2) is 10.4. The van der Waals surface area contributed by atoms with Crippen LogP contribution in [0.4, 0.5) is 4.79 Å². The molecule has 1 rings (SSSR count). The smallest absolute Gasteiger partial charge is 0.410 e. The zero-order valence-electron chi connectivity index (χ0n) is 16.1. The minimum absolute atomic E-state index is 0.0490. The van der Waals surface area contributed by atoms with Gasteiger partial charge < -0.3 is 20.2 Å². The van der Waals surface area contributed by atoms with Crippen molar-refractivity contribution in [1.82, 2.24) is 4.90 Å². The van der Waals surface area contributed by atoms with Crippen LogP contribution < -0.4 is 0 Å². The van der Waals surface area contributed by atoms with E-state index in [4.69, 9.17) is 10.1 Å². The number of nitrogens with one attached hydrogen (secondary N) is 1. The van der Waals surface area contributed by atoms with Gasteiger partial charge in [0.25, 0.3) is 0 Å². The summed E-state index contributed by atoms with van der Waals surface area (Å²) in [6, 6.07) is 0.218. The van der Waals surface area contributed by atoms with Gasteiger partial charge in [0.05, 0.1) is 5.57 Å². The Labute approximate surface area is 164 Å². The average Bonchev–Trinajstić information content (AvgIpc) is 3.12. The van der Waals surface area contributed by atoms with Gasteiger partial charge >= 0.3 is 6.09 Å². The first kappa shape index (κ1) is 22.2. The largest absolute Gasteiger partial charge is 0.507 e. The van der Waals surface area contributed by atoms with Crippen LogP contribution in [0.3, 0.4) is 0 Å². The van der Waals surface area contributed by atoms with E-state index in [1.807, 2.05) is 6.92 Å². The van der Waals surface area contributed by atoms with Crippen LogP contribution >= 0.6 is 15.9 Å². The Kier molecular flexibility index (Phi) is 8.85. The highest BCUT2D eigenvalue weighted by Gasteiger charge is 2.25. The molecule has 6 heteroatoms. The highest BCUT2D eigenvalue weighted by atomic mass is 79.9. The van der Waals surface area contributed by atoms with Gasteiger partial charge in [-0.1, -0.05) is 41.4 Å². The minimum Gasteiger partial charge on any atom is -0.507 e. The average molecular weight is 425 g/mol. The monoisotopic (exact) mass is 424 g/mol. The molecule has 1 amide bonds. The van der Waals surface area contributed by atoms with Crippen LogP contribution in [0.25, 0.3) is 0 Å². The molecule has 0 spiro atoms. The Bertz CT molecular complexity index is 656. The molecule has 0 aromatic carbocycles. The first-order valence-corrected chi connectivity index (χ1v) is 9.52. The SMILES string of the molecule is C=C(C)\C(Br)=C/C=C(C)/C(O)=C(\COC(=O)N(C)C1CCCC1)C(C)=N. The number of ether oxygens (including phenoxy) is 1. The van der Waals surface area contributed by atoms with Gasteiger partial charge in [-0.25, -0.2) is 4.79 Å². The molecule has 0 aromatic rings. The topological polar surface area (TPSA) is 73.6 Å². The zero-order chi connectivity index (χ0) is 19.9. The molecule has 0 saturated heterocycles. The molecule has 2 N–H and O–H groups in total. The van der Waals surface area contributed by atoms with Crippen molar-refractivity contribution in [3.05, 3.63) is 45.7 Å². The summed E-state index contributed by atoms with van der Waals surface area (Å²) in [5.74, 6) is -0.0490. The van der Waals surface area contributed by atoms with E-state index in [1.54, 1.807) is 37.9 Å². The number of allylic oxidation sites excluding steroid dienone is 5. The standard InChI is InChI=1S/C20H29BrN2O3/c1-13(2)18(21)11-10-14(3)19(24)17(15(4)22)12-26-20(25)23(5)16-8-6-7-9-16/h10-11,16,22,24H,1,6-9,12H2,2-5H3/b14-10+,18-11+,19-17-,22-15?. The van der Waals surface area contributed by atoms with Gasteiger partial charge in [0.15, 0.2) is 0 Å². The molecule has 0 aliphatic heterocycles. The number of nitrogens with zero attached hydrogens (tertiary/aromatic N) is 1. The van der Waals surface area contributed by atoms with Crippen molar-refractivity contribution < 1.29 is 14.6 Å². The van der Waals surface area contributed by atoms with Crippen LogP contribution in [0.5, 0.6) is 0 Å². The van der Waals surface area contributed by atoms with Crippen molar-refractivity contribution >= 4 is 27.7 Å². The van der Waals surface area contributed by atoms with Crippen molar-refractivity contribution in [2.45, 2.75) is 52.5 Å². The van der Waals surface area contributed by atoms with E-state index in [0.29, 0.717) is 11.1 Å². The fraction of sp³-hybridized carbons (Fsp3) is 0.500. The van der Waals surface area contributed by atoms with E-state index < -0.39 is 6.09 Å². The van der Waals surface area contributed by atoms with Crippen molar-refractivity contribution in [3.63, 3.8) is 0 Å². The van der Waals surface area contributed by atoms with Gasteiger partial charge in [0.1, 0.15) is 12.4 Å². The lowest BCUT2D eigenvalue weighted by Gasteiger charge is -2.24. The molecule has 0 bridgehead atoms. The van der Waals surface area contributed by atoms with E-state index in [1.165, 1.54) is 0 Å². The van der Waals surface area contributed by atoms with Gasteiger partial charge in [-0.15, -0.1) is 0 Å². The number of aliphatic hydroxyl groups excluding tert-OH is 1. The number of hydrogen-bond donors (Lipinski definition) is 2. The normalized spacial score (nSPS) is 17.0. The van der Waals surface area contributed by atoms with Gasteiger partial charge in [-0.3, -0.25) is 0 Å². The number of halogens is 1. The van der Waals surface area contributed by atoms with Crippen LogP contribution in [-0.2, 0) is 4.74 Å². The third-order valence-corrected chi connectivity index (χ3v) is 5.44. The fourth-order valence-electron chi connectivity index (χ4n) is 2.69. The number of carbonyl (C=O) groups is 1. The lowest BCUT2D eigenvalue weighted by atomic mass is 10.1. The second-order valence-corrected chi connectivity index (χ2v) is 7.55. The van der Waals surface area contributed by atoms with Crippen molar-refractivity contribution in [2.75, 3.05) is 13.7 Å². The van der Waals surface area contributed by atoms with Crippen molar-refractivity contribution in [1.29, 1.82) is 5.41 Å². The highest BCUT2D eigenvalue weighted by Crippen LogP contribution is 2.23. The molecule has 26 heavy (non-hydrogen) atoms. The molecule has 0 atom stereocenters. The molecule has 1 saturated carbocycles. The molecular formula is C20H29BrN2O3. The summed E-state index contributed by atoms with van der Waals surface area (Å²) in [6.07, 6.45) is 7.34. The summed E-state index contributed by atoms with van der Waals surface area (Å²) in [5, 5.41) is 18.4. The summed E-state index contributed by atoms with van der Waals surface area (Å²) in [5.41, 5.74) is 1.90. The Morgan fingerprint density at radius 2 is 1.88 bits per heavy atom. The quantitative estimate of drug-likeness (QED) is 0.315. The van der Waals surface area contributed by atoms with E-state index >= 15 is 0 Å². The molecule has 0 radical (unpaired) electrons. The number of rotatable bonds is 7. The lowest BCUT2D eigenvalue weighted by molar-refractivity contribution is 0.105. The summed E-state index contributed by atoms with van der Waals surface area (Å²) in [4.78, 5) is 13.8. The number of hydrogen-bond acceptors (Lipinski definition) is 4. The number of aliphatic hydroxyl groups is 1. The molecule has 0 heterocycles. The minimum atomic E-state index is -0.421. The number of carbonyl (C=O) groups excluding carboxylic acids is 1. The predicted molar refractivity (Wildman–Crippen MR) is 110 cm³/mol. The van der Waals surface area contributed by atoms with E-state index in [-0.39, 0.29) is 24.1 Å². The third-order valence-electron chi connectivity index (χ3n) is 4.50. The summed E-state index contributed by atoms with van der Waals surface area (Å²) in [7, 11) is 1.74. The molecule has 1 aliphatic carbocycles. The Morgan fingerprint density at radius 3 is 2.38 bits per heavy atom. The number of amides is 1. The van der Waals surface area contributed by atoms with Crippen LogP contribution in [-0.4, -0.2) is 41.5 Å². The molecule has 0 unspecified atom stereocenters. The summed E-state index contributed by atoms with van der Waals surface area (Å²) >= 11 is 3.39. The van der Waals surface area contributed by atoms with Gasteiger partial charge in [0, 0.05) is 23.3 Å². The van der Waals surface area contributed by atoms with Gasteiger partial charge in [0.2, 0.25) is 0 Å². The van der Waals surface area contributed by atoms with E-state index in [2.05, 4.69) is 22.5 Å². The summed E-state index contributed by atoms with van der Waals surface area (Å²) in [6.45, 7) is 8.86. The van der Waals surface area contributed by atoms with Crippen LogP contribution in [0, 0.1) is 5.41 Å². The molecule has 144 valence electrons. The maximum Gasteiger partial charge on any atom is 0.410 e. The van der Waals surface area contributed by atoms with Crippen LogP contribution in [0.15, 0.2) is 45.7 Å². The van der Waals surface area contributed by atoms with E-state index in [9.17, 15) is 9.90 Å². The van der Waals surface area contributed by atoms with Crippen LogP contribution in [0.1, 0.15) is 46.5 Å². The van der Waals surface area contributed by atoms with Gasteiger partial charge in [-0.05, 0) is 50.8 Å². The lowest BCUT2D eigenvalue weighted by Crippen LogP contribution is -2.36. The van der Waals surface area contributed by atoms with Crippen molar-refractivity contribution in [2.24, 2.45) is 0 Å². The zero-order valence-corrected chi connectivity index (χ0v) is 17.6. The Balaban J connectivity index is 2.86. The first-order valence-electron chi connectivity index (χ1n) is 8.72.